The minimum absolute atomic E-state index is 0.183. The van der Waals surface area contributed by atoms with Crippen LogP contribution in [-0.4, -0.2) is 40.1 Å². The van der Waals surface area contributed by atoms with E-state index >= 15 is 0 Å². The molecule has 7 rings (SSSR count). The number of aromatic nitrogens is 2. The van der Waals surface area contributed by atoms with Gasteiger partial charge in [0.1, 0.15) is 0 Å². The monoisotopic (exact) mass is 601 g/mol. The molecule has 1 unspecified atom stereocenters. The molecule has 1 amide bonds. The SMILES string of the molecule is Cc1c(Cl)cccc1[C@@H]1CC1COC(=O)N1C[C@@H]2C[C@@H]2c2c(-c3cnn(Cc4cc(C(=O)O)ccc4Cl)c3)cccc21. The summed E-state index contributed by atoms with van der Waals surface area (Å²) in [6.45, 7) is 3.45. The molecule has 214 valence electrons. The third kappa shape index (κ3) is 4.95. The maximum atomic E-state index is 13.4. The van der Waals surface area contributed by atoms with E-state index in [1.807, 2.05) is 43.6 Å². The van der Waals surface area contributed by atoms with E-state index in [0.29, 0.717) is 54.0 Å². The Balaban J connectivity index is 1.08. The molecular weight excluding hydrogens is 573 g/mol. The standard InChI is InChI=1S/C33H29Cl2N3O4/c1-18-24(4-2-6-28(18)34)26-12-22(26)17-42-33(41)38-16-20-11-27(20)31-25(5-3-7-30(31)38)23-13-36-37(15-23)14-21-10-19(32(39)40)8-9-29(21)35/h2-10,13,15,20,22,26-27H,11-12,14,16-17H2,1H3,(H,39,40)/t20-,22?,26+,27-/m0/s1. The van der Waals surface area contributed by atoms with Gasteiger partial charge in [0.2, 0.25) is 0 Å². The lowest BCUT2D eigenvalue weighted by Gasteiger charge is -2.29. The van der Waals surface area contributed by atoms with Gasteiger partial charge in [-0.3, -0.25) is 9.58 Å². The number of amides is 1. The van der Waals surface area contributed by atoms with Gasteiger partial charge in [-0.2, -0.15) is 5.10 Å². The van der Waals surface area contributed by atoms with E-state index < -0.39 is 5.97 Å². The van der Waals surface area contributed by atoms with Crippen LogP contribution in [0.5, 0.6) is 0 Å². The van der Waals surface area contributed by atoms with Crippen LogP contribution < -0.4 is 4.90 Å². The molecule has 4 atom stereocenters. The molecule has 2 heterocycles. The fourth-order valence-corrected chi connectivity index (χ4v) is 6.79. The lowest BCUT2D eigenvalue weighted by molar-refractivity contribution is 0.0696. The molecule has 3 aromatic carbocycles. The predicted molar refractivity (Wildman–Crippen MR) is 162 cm³/mol. The highest BCUT2D eigenvalue weighted by Crippen LogP contribution is 2.57. The Morgan fingerprint density at radius 3 is 2.71 bits per heavy atom. The molecule has 1 N–H and O–H groups in total. The lowest BCUT2D eigenvalue weighted by Crippen LogP contribution is -2.36. The van der Waals surface area contributed by atoms with Gasteiger partial charge in [0.25, 0.3) is 0 Å². The number of halogens is 2. The van der Waals surface area contributed by atoms with Gasteiger partial charge in [-0.25, -0.2) is 9.59 Å². The predicted octanol–water partition coefficient (Wildman–Crippen LogP) is 7.78. The number of hydrogen-bond acceptors (Lipinski definition) is 4. The lowest BCUT2D eigenvalue weighted by atomic mass is 9.93. The van der Waals surface area contributed by atoms with Crippen molar-refractivity contribution in [2.45, 2.75) is 38.1 Å². The minimum atomic E-state index is -1.000. The molecule has 1 aromatic heterocycles. The first-order valence-electron chi connectivity index (χ1n) is 14.1. The number of carbonyl (C=O) groups excluding carboxylic acids is 1. The van der Waals surface area contributed by atoms with Gasteiger partial charge < -0.3 is 9.84 Å². The molecule has 2 aliphatic carbocycles. The number of hydrogen-bond donors (Lipinski definition) is 1. The molecule has 3 aliphatic rings. The number of carboxylic acids is 1. The molecule has 0 saturated heterocycles. The van der Waals surface area contributed by atoms with Gasteiger partial charge in [-0.15, -0.1) is 0 Å². The van der Waals surface area contributed by atoms with E-state index in [0.717, 1.165) is 45.8 Å². The van der Waals surface area contributed by atoms with Crippen LogP contribution in [0.2, 0.25) is 10.0 Å². The molecule has 2 saturated carbocycles. The maximum absolute atomic E-state index is 13.4. The zero-order valence-electron chi connectivity index (χ0n) is 23.0. The van der Waals surface area contributed by atoms with E-state index in [9.17, 15) is 14.7 Å². The molecule has 2 fully saturated rings. The van der Waals surface area contributed by atoms with Crippen LogP contribution in [0.25, 0.3) is 11.1 Å². The van der Waals surface area contributed by atoms with Crippen LogP contribution in [0.15, 0.2) is 67.0 Å². The number of aromatic carboxylic acids is 1. The summed E-state index contributed by atoms with van der Waals surface area (Å²) >= 11 is 12.7. The second kappa shape index (κ2) is 10.5. The molecular formula is C33H29Cl2N3O4. The van der Waals surface area contributed by atoms with E-state index in [2.05, 4.69) is 17.2 Å². The summed E-state index contributed by atoms with van der Waals surface area (Å²) in [4.78, 5) is 26.6. The van der Waals surface area contributed by atoms with Gasteiger partial charge in [0, 0.05) is 34.3 Å². The minimum Gasteiger partial charge on any atom is -0.478 e. The van der Waals surface area contributed by atoms with Gasteiger partial charge in [-0.05, 0) is 95.7 Å². The van der Waals surface area contributed by atoms with Crippen LogP contribution in [0.1, 0.15) is 57.3 Å². The van der Waals surface area contributed by atoms with E-state index in [4.69, 9.17) is 27.9 Å². The highest BCUT2D eigenvalue weighted by molar-refractivity contribution is 6.31. The number of anilines is 1. The first kappa shape index (κ1) is 27.0. The Morgan fingerprint density at radius 1 is 1.05 bits per heavy atom. The van der Waals surface area contributed by atoms with Crippen LogP contribution >= 0.6 is 23.2 Å². The Kier molecular flexibility index (Phi) is 6.75. The summed E-state index contributed by atoms with van der Waals surface area (Å²) in [7, 11) is 0. The number of rotatable bonds is 7. The number of carboxylic acid groups (broad SMARTS) is 1. The largest absolute Gasteiger partial charge is 0.478 e. The number of fused-ring (bicyclic) bond motifs is 3. The summed E-state index contributed by atoms with van der Waals surface area (Å²) in [6, 6.07) is 16.7. The Hall–Kier alpha value is -3.81. The number of ether oxygens (including phenoxy) is 1. The molecule has 7 nitrogen and oxygen atoms in total. The maximum Gasteiger partial charge on any atom is 0.414 e. The van der Waals surface area contributed by atoms with Crippen LogP contribution in [0.4, 0.5) is 10.5 Å². The van der Waals surface area contributed by atoms with Gasteiger partial charge in [0.05, 0.1) is 30.6 Å². The zero-order chi connectivity index (χ0) is 29.1. The van der Waals surface area contributed by atoms with E-state index in [1.54, 1.807) is 21.7 Å². The highest BCUT2D eigenvalue weighted by Gasteiger charge is 2.48. The number of benzene rings is 3. The average molecular weight is 603 g/mol. The van der Waals surface area contributed by atoms with E-state index in [1.165, 1.54) is 11.6 Å². The molecule has 42 heavy (non-hydrogen) atoms. The third-order valence-electron chi connectivity index (χ3n) is 8.93. The quantitative estimate of drug-likeness (QED) is 0.234. The molecule has 9 heteroatoms. The Bertz CT molecular complexity index is 1730. The number of nitrogens with zero attached hydrogens (tertiary/aromatic N) is 3. The van der Waals surface area contributed by atoms with Gasteiger partial charge in [0.15, 0.2) is 0 Å². The van der Waals surface area contributed by atoms with Crippen molar-refractivity contribution in [1.82, 2.24) is 9.78 Å². The zero-order valence-corrected chi connectivity index (χ0v) is 24.5. The molecule has 0 spiro atoms. The van der Waals surface area contributed by atoms with E-state index in [-0.39, 0.29) is 11.7 Å². The van der Waals surface area contributed by atoms with Crippen molar-refractivity contribution in [3.05, 3.63) is 105 Å². The smallest absolute Gasteiger partial charge is 0.414 e. The van der Waals surface area contributed by atoms with Crippen molar-refractivity contribution in [3.8, 4) is 11.1 Å². The second-order valence-electron chi connectivity index (χ2n) is 11.6. The van der Waals surface area contributed by atoms with Crippen molar-refractivity contribution in [2.24, 2.45) is 11.8 Å². The van der Waals surface area contributed by atoms with Crippen molar-refractivity contribution >= 4 is 41.0 Å². The van der Waals surface area contributed by atoms with Crippen LogP contribution in [0.3, 0.4) is 0 Å². The van der Waals surface area contributed by atoms with Crippen molar-refractivity contribution in [1.29, 1.82) is 0 Å². The third-order valence-corrected chi connectivity index (χ3v) is 9.70. The molecule has 0 radical (unpaired) electrons. The summed E-state index contributed by atoms with van der Waals surface area (Å²) in [5.41, 5.74) is 7.27. The second-order valence-corrected chi connectivity index (χ2v) is 12.4. The van der Waals surface area contributed by atoms with Crippen molar-refractivity contribution in [2.75, 3.05) is 18.1 Å². The number of carbonyl (C=O) groups is 2. The fourth-order valence-electron chi connectivity index (χ4n) is 6.43. The highest BCUT2D eigenvalue weighted by atomic mass is 35.5. The average Bonchev–Trinajstić information content (AvgIpc) is 3.89. The Morgan fingerprint density at radius 2 is 1.88 bits per heavy atom. The first-order valence-corrected chi connectivity index (χ1v) is 14.9. The fraction of sp³-hybridized carbons (Fsp3) is 0.303. The summed E-state index contributed by atoms with van der Waals surface area (Å²) in [5.74, 6) is 0.513. The van der Waals surface area contributed by atoms with Crippen molar-refractivity contribution in [3.63, 3.8) is 0 Å². The van der Waals surface area contributed by atoms with Gasteiger partial charge in [-0.1, -0.05) is 47.5 Å². The first-order chi connectivity index (χ1) is 20.3. The van der Waals surface area contributed by atoms with Crippen molar-refractivity contribution < 1.29 is 19.4 Å². The molecule has 4 aromatic rings. The normalized spacial score (nSPS) is 21.8. The van der Waals surface area contributed by atoms with Crippen LogP contribution in [-0.2, 0) is 11.3 Å². The summed E-state index contributed by atoms with van der Waals surface area (Å²) in [5, 5.41) is 15.2. The van der Waals surface area contributed by atoms with Crippen LogP contribution in [0, 0.1) is 18.8 Å². The Labute approximate surface area is 253 Å². The molecule has 0 bridgehead atoms. The van der Waals surface area contributed by atoms with Gasteiger partial charge >= 0.3 is 12.1 Å². The topological polar surface area (TPSA) is 84.7 Å². The summed E-state index contributed by atoms with van der Waals surface area (Å²) in [6.07, 6.45) is 5.49. The molecule has 1 aliphatic heterocycles. The summed E-state index contributed by atoms with van der Waals surface area (Å²) < 4.78 is 7.65.